The van der Waals surface area contributed by atoms with Crippen LogP contribution in [0.4, 0.5) is 0 Å². The van der Waals surface area contributed by atoms with Crippen LogP contribution in [0.1, 0.15) is 17.3 Å². The first-order valence-corrected chi connectivity index (χ1v) is 6.49. The third-order valence-corrected chi connectivity index (χ3v) is 3.03. The molecule has 0 aliphatic carbocycles. The molecule has 0 N–H and O–H groups in total. The molecule has 0 aliphatic heterocycles. The average Bonchev–Trinajstić information content (AvgIpc) is 2.91. The lowest BCUT2D eigenvalue weighted by atomic mass is 10.1. The summed E-state index contributed by atoms with van der Waals surface area (Å²) in [4.78, 5) is 16.3. The Labute approximate surface area is 116 Å². The number of carbonyl (C=O) groups excluding carboxylic acids is 1. The molecule has 0 amide bonds. The third kappa shape index (κ3) is 2.28. The highest BCUT2D eigenvalue weighted by molar-refractivity contribution is 5.90. The van der Waals surface area contributed by atoms with Gasteiger partial charge >= 0.3 is 5.97 Å². The maximum Gasteiger partial charge on any atom is 0.338 e. The van der Waals surface area contributed by atoms with Crippen LogP contribution in [0.15, 0.2) is 54.9 Å². The molecule has 2 aromatic heterocycles. The van der Waals surface area contributed by atoms with Gasteiger partial charge in [0.05, 0.1) is 17.9 Å². The van der Waals surface area contributed by atoms with Crippen LogP contribution in [0.3, 0.4) is 0 Å². The standard InChI is InChI=1S/C16H14N2O2/c1-2-20-16(19)13-7-5-6-12(10-13)14-11-18-9-4-3-8-15(18)17-14/h3-11H,2H2,1H3. The zero-order chi connectivity index (χ0) is 13.9. The van der Waals surface area contributed by atoms with Crippen LogP contribution in [-0.2, 0) is 4.74 Å². The molecule has 0 fully saturated rings. The second-order valence-corrected chi connectivity index (χ2v) is 4.39. The first-order valence-electron chi connectivity index (χ1n) is 6.49. The lowest BCUT2D eigenvalue weighted by Crippen LogP contribution is -2.04. The molecule has 0 atom stereocenters. The van der Waals surface area contributed by atoms with Gasteiger partial charge in [0.1, 0.15) is 5.65 Å². The molecule has 4 nitrogen and oxygen atoms in total. The van der Waals surface area contributed by atoms with E-state index in [-0.39, 0.29) is 5.97 Å². The second kappa shape index (κ2) is 5.17. The fourth-order valence-corrected chi connectivity index (χ4v) is 2.09. The summed E-state index contributed by atoms with van der Waals surface area (Å²) in [5.74, 6) is -0.307. The summed E-state index contributed by atoms with van der Waals surface area (Å²) >= 11 is 0. The van der Waals surface area contributed by atoms with Crippen LogP contribution < -0.4 is 0 Å². The lowest BCUT2D eigenvalue weighted by molar-refractivity contribution is 0.0526. The van der Waals surface area contributed by atoms with Gasteiger partial charge in [-0.3, -0.25) is 0 Å². The van der Waals surface area contributed by atoms with Gasteiger partial charge < -0.3 is 9.14 Å². The number of rotatable bonds is 3. The minimum Gasteiger partial charge on any atom is -0.462 e. The maximum atomic E-state index is 11.8. The van der Waals surface area contributed by atoms with E-state index in [9.17, 15) is 4.79 Å². The van der Waals surface area contributed by atoms with Crippen molar-refractivity contribution in [2.45, 2.75) is 6.92 Å². The lowest BCUT2D eigenvalue weighted by Gasteiger charge is -2.03. The summed E-state index contributed by atoms with van der Waals surface area (Å²) in [5, 5.41) is 0. The Hall–Kier alpha value is -2.62. The number of benzene rings is 1. The molecule has 1 aromatic carbocycles. The van der Waals surface area contributed by atoms with E-state index in [0.29, 0.717) is 12.2 Å². The van der Waals surface area contributed by atoms with Gasteiger partial charge in [-0.2, -0.15) is 0 Å². The largest absolute Gasteiger partial charge is 0.462 e. The summed E-state index contributed by atoms with van der Waals surface area (Å²) in [6.45, 7) is 2.17. The van der Waals surface area contributed by atoms with Crippen LogP contribution in [0.25, 0.3) is 16.9 Å². The minimum atomic E-state index is -0.307. The molecule has 2 heterocycles. The minimum absolute atomic E-state index is 0.307. The molecule has 4 heteroatoms. The van der Waals surface area contributed by atoms with E-state index >= 15 is 0 Å². The second-order valence-electron chi connectivity index (χ2n) is 4.39. The molecule has 3 rings (SSSR count). The molecule has 3 aromatic rings. The van der Waals surface area contributed by atoms with Gasteiger partial charge in [-0.1, -0.05) is 18.2 Å². The van der Waals surface area contributed by atoms with E-state index < -0.39 is 0 Å². The zero-order valence-electron chi connectivity index (χ0n) is 11.1. The van der Waals surface area contributed by atoms with Gasteiger partial charge in [0.2, 0.25) is 0 Å². The highest BCUT2D eigenvalue weighted by Crippen LogP contribution is 2.20. The molecular formula is C16H14N2O2. The van der Waals surface area contributed by atoms with Gasteiger partial charge in [0, 0.05) is 18.0 Å². The fraction of sp³-hybridized carbons (Fsp3) is 0.125. The molecule has 100 valence electrons. The fourth-order valence-electron chi connectivity index (χ4n) is 2.09. The monoisotopic (exact) mass is 266 g/mol. The summed E-state index contributed by atoms with van der Waals surface area (Å²) in [6.07, 6.45) is 3.89. The molecular weight excluding hydrogens is 252 g/mol. The number of hydrogen-bond donors (Lipinski definition) is 0. The van der Waals surface area contributed by atoms with Crippen molar-refractivity contribution in [3.8, 4) is 11.3 Å². The summed E-state index contributed by atoms with van der Waals surface area (Å²) in [5.41, 5.74) is 3.16. The summed E-state index contributed by atoms with van der Waals surface area (Å²) < 4.78 is 6.96. The van der Waals surface area contributed by atoms with E-state index in [0.717, 1.165) is 16.9 Å². The van der Waals surface area contributed by atoms with Crippen LogP contribution in [0.5, 0.6) is 0 Å². The number of hydrogen-bond acceptors (Lipinski definition) is 3. The molecule has 0 bridgehead atoms. The van der Waals surface area contributed by atoms with Crippen molar-refractivity contribution in [2.24, 2.45) is 0 Å². The normalized spacial score (nSPS) is 10.7. The number of carbonyl (C=O) groups is 1. The Morgan fingerprint density at radius 2 is 2.15 bits per heavy atom. The molecule has 0 unspecified atom stereocenters. The van der Waals surface area contributed by atoms with Gasteiger partial charge in [-0.15, -0.1) is 0 Å². The van der Waals surface area contributed by atoms with E-state index in [4.69, 9.17) is 4.74 Å². The van der Waals surface area contributed by atoms with Crippen molar-refractivity contribution >= 4 is 11.6 Å². The Morgan fingerprint density at radius 1 is 1.25 bits per heavy atom. The Bertz CT molecular complexity index is 729. The van der Waals surface area contributed by atoms with E-state index in [1.54, 1.807) is 19.1 Å². The molecule has 0 saturated carbocycles. The van der Waals surface area contributed by atoms with Crippen molar-refractivity contribution < 1.29 is 9.53 Å². The number of aromatic nitrogens is 2. The number of ether oxygens (including phenoxy) is 1. The molecule has 0 spiro atoms. The van der Waals surface area contributed by atoms with Crippen LogP contribution in [-0.4, -0.2) is 22.0 Å². The van der Waals surface area contributed by atoms with Crippen molar-refractivity contribution in [2.75, 3.05) is 6.61 Å². The average molecular weight is 266 g/mol. The van der Waals surface area contributed by atoms with Gasteiger partial charge in [0.15, 0.2) is 0 Å². The zero-order valence-corrected chi connectivity index (χ0v) is 11.1. The predicted octanol–water partition coefficient (Wildman–Crippen LogP) is 3.18. The highest BCUT2D eigenvalue weighted by Gasteiger charge is 2.09. The van der Waals surface area contributed by atoms with Crippen molar-refractivity contribution in [3.05, 3.63) is 60.4 Å². The van der Waals surface area contributed by atoms with Crippen molar-refractivity contribution in [3.63, 3.8) is 0 Å². The van der Waals surface area contributed by atoms with E-state index in [1.807, 2.05) is 47.1 Å². The Kier molecular flexibility index (Phi) is 3.21. The van der Waals surface area contributed by atoms with Crippen LogP contribution in [0.2, 0.25) is 0 Å². The van der Waals surface area contributed by atoms with Gasteiger partial charge in [0.25, 0.3) is 0 Å². The molecule has 0 saturated heterocycles. The van der Waals surface area contributed by atoms with Gasteiger partial charge in [-0.25, -0.2) is 9.78 Å². The summed E-state index contributed by atoms with van der Waals surface area (Å²) in [6, 6.07) is 13.2. The number of esters is 1. The smallest absolute Gasteiger partial charge is 0.338 e. The van der Waals surface area contributed by atoms with Crippen molar-refractivity contribution in [1.82, 2.24) is 9.38 Å². The van der Waals surface area contributed by atoms with Crippen LogP contribution >= 0.6 is 0 Å². The number of pyridine rings is 1. The first-order chi connectivity index (χ1) is 9.78. The van der Waals surface area contributed by atoms with Gasteiger partial charge in [-0.05, 0) is 31.2 Å². The molecule has 0 aliphatic rings. The Morgan fingerprint density at radius 3 is 2.95 bits per heavy atom. The number of fused-ring (bicyclic) bond motifs is 1. The SMILES string of the molecule is CCOC(=O)c1cccc(-c2cn3ccccc3n2)c1. The first kappa shape index (κ1) is 12.4. The summed E-state index contributed by atoms with van der Waals surface area (Å²) in [7, 11) is 0. The maximum absolute atomic E-state index is 11.8. The highest BCUT2D eigenvalue weighted by atomic mass is 16.5. The molecule has 20 heavy (non-hydrogen) atoms. The van der Waals surface area contributed by atoms with E-state index in [2.05, 4.69) is 4.98 Å². The molecule has 0 radical (unpaired) electrons. The van der Waals surface area contributed by atoms with Crippen molar-refractivity contribution in [1.29, 1.82) is 0 Å². The quantitative estimate of drug-likeness (QED) is 0.684. The number of nitrogens with zero attached hydrogens (tertiary/aromatic N) is 2. The van der Waals surface area contributed by atoms with Crippen LogP contribution in [0, 0.1) is 0 Å². The Balaban J connectivity index is 2.01. The third-order valence-electron chi connectivity index (χ3n) is 3.03. The number of imidazole rings is 1. The van der Waals surface area contributed by atoms with E-state index in [1.165, 1.54) is 0 Å². The topological polar surface area (TPSA) is 43.6 Å². The predicted molar refractivity (Wildman–Crippen MR) is 76.6 cm³/mol.